The molecule has 1 fully saturated rings. The predicted octanol–water partition coefficient (Wildman–Crippen LogP) is 2.87. The zero-order chi connectivity index (χ0) is 16.0. The fourth-order valence-electron chi connectivity index (χ4n) is 2.01. The van der Waals surface area contributed by atoms with Crippen LogP contribution in [0.3, 0.4) is 0 Å². The number of rotatable bonds is 2. The lowest BCUT2D eigenvalue weighted by Crippen LogP contribution is -2.27. The van der Waals surface area contributed by atoms with E-state index < -0.39 is 46.1 Å². The van der Waals surface area contributed by atoms with Gasteiger partial charge >= 0.3 is 16.4 Å². The molecule has 0 bridgehead atoms. The third-order valence-electron chi connectivity index (χ3n) is 3.06. The van der Waals surface area contributed by atoms with Crippen LogP contribution in [0.4, 0.5) is 22.7 Å². The molecule has 1 saturated heterocycles. The van der Waals surface area contributed by atoms with Crippen molar-refractivity contribution >= 4 is 37.7 Å². The van der Waals surface area contributed by atoms with Gasteiger partial charge < -0.3 is 4.90 Å². The van der Waals surface area contributed by atoms with Crippen LogP contribution in [0.2, 0.25) is 0 Å². The lowest BCUT2D eigenvalue weighted by atomic mass is 10.2. The highest BCUT2D eigenvalue weighted by Crippen LogP contribution is 2.37. The minimum absolute atomic E-state index is 0.0750. The maximum Gasteiger partial charge on any atom is 0.417 e. The van der Waals surface area contributed by atoms with Crippen LogP contribution in [-0.4, -0.2) is 26.1 Å². The topological polar surface area (TPSA) is 54.5 Å². The van der Waals surface area contributed by atoms with E-state index in [2.05, 4.69) is 15.9 Å². The maximum atomic E-state index is 12.9. The van der Waals surface area contributed by atoms with Crippen molar-refractivity contribution in [2.24, 2.45) is 0 Å². The molecule has 0 aliphatic carbocycles. The standard InChI is InChI=1S/C11H8BrF4NO3S/c12-9-3-6(1-2-8(9)11(13,14)15)17-5-7(4-10(17)18)21(16,19)20/h1-3,7H,4-5H2. The van der Waals surface area contributed by atoms with E-state index in [0.717, 1.165) is 23.1 Å². The van der Waals surface area contributed by atoms with E-state index in [0.29, 0.717) is 0 Å². The zero-order valence-electron chi connectivity index (χ0n) is 10.2. The van der Waals surface area contributed by atoms with E-state index in [1.807, 2.05) is 0 Å². The minimum Gasteiger partial charge on any atom is -0.311 e. The summed E-state index contributed by atoms with van der Waals surface area (Å²) >= 11 is 2.75. The molecular formula is C11H8BrF4NO3S. The van der Waals surface area contributed by atoms with E-state index in [1.54, 1.807) is 0 Å². The molecule has 1 aromatic rings. The summed E-state index contributed by atoms with van der Waals surface area (Å²) in [6.07, 6.45) is -5.09. The van der Waals surface area contributed by atoms with Crippen molar-refractivity contribution in [3.8, 4) is 0 Å². The lowest BCUT2D eigenvalue weighted by Gasteiger charge is -2.18. The molecule has 21 heavy (non-hydrogen) atoms. The molecule has 0 aromatic heterocycles. The van der Waals surface area contributed by atoms with Crippen LogP contribution in [0.1, 0.15) is 12.0 Å². The molecule has 0 N–H and O–H groups in total. The van der Waals surface area contributed by atoms with Crippen molar-refractivity contribution in [2.45, 2.75) is 17.8 Å². The van der Waals surface area contributed by atoms with Crippen LogP contribution in [-0.2, 0) is 21.2 Å². The van der Waals surface area contributed by atoms with Crippen molar-refractivity contribution in [2.75, 3.05) is 11.4 Å². The smallest absolute Gasteiger partial charge is 0.311 e. The molecule has 0 saturated carbocycles. The van der Waals surface area contributed by atoms with Crippen molar-refractivity contribution in [1.29, 1.82) is 0 Å². The summed E-state index contributed by atoms with van der Waals surface area (Å²) in [7, 11) is -4.87. The molecular weight excluding hydrogens is 382 g/mol. The molecule has 2 rings (SSSR count). The zero-order valence-corrected chi connectivity index (χ0v) is 12.6. The molecule has 1 aliphatic heterocycles. The lowest BCUT2D eigenvalue weighted by molar-refractivity contribution is -0.138. The third-order valence-corrected chi connectivity index (χ3v) is 4.83. The Balaban J connectivity index is 2.32. The van der Waals surface area contributed by atoms with Crippen molar-refractivity contribution in [3.63, 3.8) is 0 Å². The van der Waals surface area contributed by atoms with Gasteiger partial charge in [-0.05, 0) is 18.2 Å². The van der Waals surface area contributed by atoms with Crippen LogP contribution >= 0.6 is 15.9 Å². The normalized spacial score (nSPS) is 20.1. The number of hydrogen-bond donors (Lipinski definition) is 0. The van der Waals surface area contributed by atoms with Gasteiger partial charge in [0.1, 0.15) is 5.25 Å². The Morgan fingerprint density at radius 2 is 1.90 bits per heavy atom. The van der Waals surface area contributed by atoms with E-state index in [1.165, 1.54) is 0 Å². The van der Waals surface area contributed by atoms with Crippen molar-refractivity contribution < 1.29 is 30.3 Å². The third kappa shape index (κ3) is 3.37. The fourth-order valence-corrected chi connectivity index (χ4v) is 3.28. The Hall–Kier alpha value is -1.16. The molecule has 0 radical (unpaired) electrons. The highest BCUT2D eigenvalue weighted by molar-refractivity contribution is 9.10. The largest absolute Gasteiger partial charge is 0.417 e. The van der Waals surface area contributed by atoms with E-state index in [4.69, 9.17) is 0 Å². The first-order chi connectivity index (χ1) is 9.50. The van der Waals surface area contributed by atoms with E-state index in [-0.39, 0.29) is 10.2 Å². The summed E-state index contributed by atoms with van der Waals surface area (Å²) < 4.78 is 72.1. The summed E-state index contributed by atoms with van der Waals surface area (Å²) in [5.74, 6) is -0.659. The average molecular weight is 390 g/mol. The summed E-state index contributed by atoms with van der Waals surface area (Å²) in [4.78, 5) is 12.6. The second-order valence-corrected chi connectivity index (χ2v) is 6.94. The number of nitrogens with zero attached hydrogens (tertiary/aromatic N) is 1. The number of carbonyl (C=O) groups is 1. The summed E-state index contributed by atoms with van der Waals surface area (Å²) in [6, 6.07) is 2.86. The number of alkyl halides is 3. The second-order valence-electron chi connectivity index (χ2n) is 4.47. The molecule has 1 aliphatic rings. The second kappa shape index (κ2) is 5.24. The molecule has 10 heteroatoms. The van der Waals surface area contributed by atoms with Crippen LogP contribution in [0.5, 0.6) is 0 Å². The van der Waals surface area contributed by atoms with Crippen LogP contribution in [0.15, 0.2) is 22.7 Å². The van der Waals surface area contributed by atoms with Gasteiger partial charge in [0.2, 0.25) is 5.91 Å². The highest BCUT2D eigenvalue weighted by atomic mass is 79.9. The molecule has 1 amide bonds. The summed E-state index contributed by atoms with van der Waals surface area (Å²) in [5.41, 5.74) is -0.849. The minimum atomic E-state index is -4.87. The van der Waals surface area contributed by atoms with Crippen LogP contribution in [0.25, 0.3) is 0 Å². The first kappa shape index (κ1) is 16.2. The predicted molar refractivity (Wildman–Crippen MR) is 69.9 cm³/mol. The van der Waals surface area contributed by atoms with Gasteiger partial charge in [-0.3, -0.25) is 4.79 Å². The van der Waals surface area contributed by atoms with Gasteiger partial charge in [0.05, 0.1) is 5.56 Å². The van der Waals surface area contributed by atoms with Gasteiger partial charge in [0, 0.05) is 23.1 Å². The summed E-state index contributed by atoms with van der Waals surface area (Å²) in [6.45, 7) is -0.421. The number of hydrogen-bond acceptors (Lipinski definition) is 3. The number of anilines is 1. The Bertz CT molecular complexity index is 689. The quantitative estimate of drug-likeness (QED) is 0.577. The first-order valence-electron chi connectivity index (χ1n) is 5.60. The van der Waals surface area contributed by atoms with Crippen LogP contribution < -0.4 is 4.90 Å². The number of benzene rings is 1. The maximum absolute atomic E-state index is 12.9. The SMILES string of the molecule is O=C1CC(S(=O)(=O)F)CN1c1ccc(C(F)(F)F)c(Br)c1. The number of halogens is 5. The molecule has 1 atom stereocenters. The Kier molecular flexibility index (Phi) is 4.04. The van der Waals surface area contributed by atoms with Gasteiger partial charge in [-0.15, -0.1) is 3.89 Å². The monoisotopic (exact) mass is 389 g/mol. The molecule has 1 heterocycles. The number of amides is 1. The van der Waals surface area contributed by atoms with Crippen molar-refractivity contribution in [1.82, 2.24) is 0 Å². The van der Waals surface area contributed by atoms with Gasteiger partial charge in [0.15, 0.2) is 0 Å². The first-order valence-corrected chi connectivity index (χ1v) is 7.84. The van der Waals surface area contributed by atoms with Gasteiger partial charge in [-0.1, -0.05) is 15.9 Å². The molecule has 4 nitrogen and oxygen atoms in total. The van der Waals surface area contributed by atoms with E-state index in [9.17, 15) is 30.3 Å². The van der Waals surface area contributed by atoms with Gasteiger partial charge in [-0.2, -0.15) is 21.6 Å². The Morgan fingerprint density at radius 3 is 2.33 bits per heavy atom. The van der Waals surface area contributed by atoms with Gasteiger partial charge in [-0.25, -0.2) is 0 Å². The Morgan fingerprint density at radius 1 is 1.29 bits per heavy atom. The van der Waals surface area contributed by atoms with Gasteiger partial charge in [0.25, 0.3) is 0 Å². The molecule has 1 unspecified atom stereocenters. The molecule has 1 aromatic carbocycles. The fraction of sp³-hybridized carbons (Fsp3) is 0.364. The average Bonchev–Trinajstić information content (AvgIpc) is 2.69. The van der Waals surface area contributed by atoms with Crippen LogP contribution in [0, 0.1) is 0 Å². The molecule has 116 valence electrons. The molecule has 0 spiro atoms. The summed E-state index contributed by atoms with van der Waals surface area (Å²) in [5, 5.41) is -1.49. The number of carbonyl (C=O) groups excluding carboxylic acids is 1. The highest BCUT2D eigenvalue weighted by Gasteiger charge is 2.40. The van der Waals surface area contributed by atoms with E-state index >= 15 is 0 Å². The Labute approximate surface area is 126 Å². The van der Waals surface area contributed by atoms with Crippen molar-refractivity contribution in [3.05, 3.63) is 28.2 Å².